The molecule has 1 saturated heterocycles. The van der Waals surface area contributed by atoms with Gasteiger partial charge in [0.05, 0.1) is 18.4 Å². The van der Waals surface area contributed by atoms with Gasteiger partial charge in [-0.3, -0.25) is 14.5 Å². The minimum atomic E-state index is -0.172. The maximum Gasteiger partial charge on any atom is 0.247 e. The van der Waals surface area contributed by atoms with Crippen LogP contribution in [0.1, 0.15) is 22.1 Å². The SMILES string of the molecule is O=C1CNc2ncc(-c3ccc(=O)[nH]c3)nc2N1CCC1CCOCC1.[HH].[HH]. The zero-order valence-electron chi connectivity index (χ0n) is 14.4. The van der Waals surface area contributed by atoms with E-state index >= 15 is 0 Å². The van der Waals surface area contributed by atoms with Crippen molar-refractivity contribution in [3.8, 4) is 11.3 Å². The molecule has 2 aromatic rings. The van der Waals surface area contributed by atoms with Crippen molar-refractivity contribution in [2.75, 3.05) is 36.5 Å². The van der Waals surface area contributed by atoms with Crippen LogP contribution in [0.25, 0.3) is 11.3 Å². The Morgan fingerprint density at radius 1 is 1.27 bits per heavy atom. The third kappa shape index (κ3) is 3.45. The maximum atomic E-state index is 12.4. The van der Waals surface area contributed by atoms with Crippen LogP contribution in [0.2, 0.25) is 0 Å². The highest BCUT2D eigenvalue weighted by Gasteiger charge is 2.27. The van der Waals surface area contributed by atoms with Gasteiger partial charge >= 0.3 is 0 Å². The molecule has 0 aliphatic carbocycles. The fraction of sp³-hybridized carbons (Fsp3) is 0.444. The van der Waals surface area contributed by atoms with E-state index in [4.69, 9.17) is 4.74 Å². The smallest absolute Gasteiger partial charge is 0.247 e. The van der Waals surface area contributed by atoms with Gasteiger partial charge in [-0.25, -0.2) is 9.97 Å². The standard InChI is InChI=1S/C18H21N5O3.2H2/c24-15-2-1-13(9-19-15)14-10-20-17-18(22-14)23(16(25)11-21-17)6-3-12-4-7-26-8-5-12;;/h1-2,9-10,12H,3-8,11H2,(H,19,24)(H,20,21);2*1H. The first-order valence-corrected chi connectivity index (χ1v) is 8.89. The highest BCUT2D eigenvalue weighted by atomic mass is 16.5. The van der Waals surface area contributed by atoms with Gasteiger partial charge in [-0.2, -0.15) is 0 Å². The summed E-state index contributed by atoms with van der Waals surface area (Å²) in [5.41, 5.74) is 1.20. The first-order valence-electron chi connectivity index (χ1n) is 8.89. The van der Waals surface area contributed by atoms with Gasteiger partial charge in [-0.05, 0) is 31.2 Å². The van der Waals surface area contributed by atoms with Gasteiger partial charge in [-0.1, -0.05) is 0 Å². The van der Waals surface area contributed by atoms with Crippen LogP contribution in [0, 0.1) is 5.92 Å². The highest BCUT2D eigenvalue weighted by molar-refractivity contribution is 6.00. The fourth-order valence-electron chi connectivity index (χ4n) is 3.35. The normalized spacial score (nSPS) is 17.7. The lowest BCUT2D eigenvalue weighted by molar-refractivity contribution is -0.117. The van der Waals surface area contributed by atoms with Crippen molar-refractivity contribution in [3.63, 3.8) is 0 Å². The quantitative estimate of drug-likeness (QED) is 0.865. The summed E-state index contributed by atoms with van der Waals surface area (Å²) < 4.78 is 5.40. The van der Waals surface area contributed by atoms with E-state index in [2.05, 4.69) is 20.3 Å². The number of ether oxygens (including phenoxy) is 1. The van der Waals surface area contributed by atoms with E-state index in [0.717, 1.165) is 38.0 Å². The molecule has 4 rings (SSSR count). The number of pyridine rings is 1. The Bertz CT molecular complexity index is 850. The van der Waals surface area contributed by atoms with Crippen LogP contribution >= 0.6 is 0 Å². The van der Waals surface area contributed by atoms with Crippen LogP contribution in [-0.4, -0.2) is 47.2 Å². The molecule has 2 N–H and O–H groups in total. The van der Waals surface area contributed by atoms with Crippen LogP contribution < -0.4 is 15.8 Å². The zero-order chi connectivity index (χ0) is 17.9. The Morgan fingerprint density at radius 2 is 2.12 bits per heavy atom. The lowest BCUT2D eigenvalue weighted by atomic mass is 9.96. The number of carbonyl (C=O) groups excluding carboxylic acids is 1. The average molecular weight is 359 g/mol. The number of amides is 1. The Hall–Kier alpha value is -2.74. The molecule has 2 aliphatic heterocycles. The molecule has 2 aliphatic rings. The molecular weight excluding hydrogens is 334 g/mol. The predicted molar refractivity (Wildman–Crippen MR) is 101 cm³/mol. The zero-order valence-corrected chi connectivity index (χ0v) is 14.4. The number of nitrogens with zero attached hydrogens (tertiary/aromatic N) is 3. The Labute approximate surface area is 153 Å². The minimum Gasteiger partial charge on any atom is -0.381 e. The van der Waals surface area contributed by atoms with E-state index in [9.17, 15) is 9.59 Å². The van der Waals surface area contributed by atoms with E-state index in [1.165, 1.54) is 6.07 Å². The van der Waals surface area contributed by atoms with E-state index in [-0.39, 0.29) is 20.9 Å². The molecular formula is C18H25N5O3. The molecule has 0 aromatic carbocycles. The van der Waals surface area contributed by atoms with E-state index < -0.39 is 0 Å². The third-order valence-corrected chi connectivity index (χ3v) is 4.90. The second-order valence-electron chi connectivity index (χ2n) is 6.61. The number of hydrogen-bond donors (Lipinski definition) is 2. The van der Waals surface area contributed by atoms with Crippen molar-refractivity contribution in [1.29, 1.82) is 0 Å². The molecule has 8 heteroatoms. The Morgan fingerprint density at radius 3 is 2.88 bits per heavy atom. The minimum absolute atomic E-state index is 0. The van der Waals surface area contributed by atoms with Crippen molar-refractivity contribution in [1.82, 2.24) is 15.0 Å². The molecule has 0 bridgehead atoms. The second-order valence-corrected chi connectivity index (χ2v) is 6.61. The van der Waals surface area contributed by atoms with Crippen molar-refractivity contribution in [2.24, 2.45) is 5.92 Å². The fourth-order valence-corrected chi connectivity index (χ4v) is 3.35. The number of aromatic nitrogens is 3. The molecule has 2 aromatic heterocycles. The lowest BCUT2D eigenvalue weighted by Gasteiger charge is -2.30. The Kier molecular flexibility index (Phi) is 4.66. The van der Waals surface area contributed by atoms with Gasteiger partial charge in [0.2, 0.25) is 11.5 Å². The summed E-state index contributed by atoms with van der Waals surface area (Å²) in [4.78, 5) is 37.1. The van der Waals surface area contributed by atoms with Crippen LogP contribution in [-0.2, 0) is 9.53 Å². The molecule has 0 radical (unpaired) electrons. The molecule has 0 atom stereocenters. The molecule has 1 amide bonds. The van der Waals surface area contributed by atoms with Gasteiger partial charge in [0, 0.05) is 40.4 Å². The number of hydrogen-bond acceptors (Lipinski definition) is 6. The number of fused-ring (bicyclic) bond motifs is 1. The molecule has 140 valence electrons. The van der Waals surface area contributed by atoms with Crippen LogP contribution in [0.5, 0.6) is 0 Å². The van der Waals surface area contributed by atoms with E-state index in [1.54, 1.807) is 23.4 Å². The van der Waals surface area contributed by atoms with Crippen LogP contribution in [0.3, 0.4) is 0 Å². The molecule has 0 unspecified atom stereocenters. The van der Waals surface area contributed by atoms with Gasteiger partial charge < -0.3 is 15.0 Å². The van der Waals surface area contributed by atoms with E-state index in [1.807, 2.05) is 0 Å². The lowest BCUT2D eigenvalue weighted by Crippen LogP contribution is -2.42. The summed E-state index contributed by atoms with van der Waals surface area (Å²) in [6, 6.07) is 3.14. The number of H-pyrrole nitrogens is 1. The van der Waals surface area contributed by atoms with Gasteiger partial charge in [0.25, 0.3) is 0 Å². The van der Waals surface area contributed by atoms with Gasteiger partial charge in [-0.15, -0.1) is 0 Å². The number of aromatic amines is 1. The molecule has 0 spiro atoms. The summed E-state index contributed by atoms with van der Waals surface area (Å²) in [6.45, 7) is 2.45. The summed E-state index contributed by atoms with van der Waals surface area (Å²) in [7, 11) is 0. The van der Waals surface area contributed by atoms with Crippen molar-refractivity contribution < 1.29 is 12.4 Å². The average Bonchev–Trinajstić information content (AvgIpc) is 2.68. The number of carbonyl (C=O) groups is 1. The molecule has 0 saturated carbocycles. The highest BCUT2D eigenvalue weighted by Crippen LogP contribution is 2.29. The summed E-state index contributed by atoms with van der Waals surface area (Å²) >= 11 is 0. The second kappa shape index (κ2) is 7.25. The first kappa shape index (κ1) is 16.7. The third-order valence-electron chi connectivity index (χ3n) is 4.90. The van der Waals surface area contributed by atoms with Crippen molar-refractivity contribution >= 4 is 17.5 Å². The summed E-state index contributed by atoms with van der Waals surface area (Å²) in [5, 5.41) is 3.03. The molecule has 1 fully saturated rings. The van der Waals surface area contributed by atoms with Crippen molar-refractivity contribution in [3.05, 3.63) is 34.9 Å². The van der Waals surface area contributed by atoms with Gasteiger partial charge in [0.15, 0.2) is 11.6 Å². The number of rotatable bonds is 4. The molecule has 8 nitrogen and oxygen atoms in total. The molecule has 26 heavy (non-hydrogen) atoms. The summed E-state index contributed by atoms with van der Waals surface area (Å²) in [6.07, 6.45) is 6.25. The Balaban J connectivity index is 0.00000140. The molecule has 4 heterocycles. The van der Waals surface area contributed by atoms with E-state index in [0.29, 0.717) is 29.8 Å². The largest absolute Gasteiger partial charge is 0.381 e. The first-order chi connectivity index (χ1) is 12.7. The van der Waals surface area contributed by atoms with Gasteiger partial charge in [0.1, 0.15) is 0 Å². The number of anilines is 2. The topological polar surface area (TPSA) is 100 Å². The van der Waals surface area contributed by atoms with Crippen LogP contribution in [0.15, 0.2) is 29.3 Å². The summed E-state index contributed by atoms with van der Waals surface area (Å²) in [5.74, 6) is 1.74. The van der Waals surface area contributed by atoms with Crippen molar-refractivity contribution in [2.45, 2.75) is 19.3 Å². The number of nitrogens with one attached hydrogen (secondary N) is 2. The monoisotopic (exact) mass is 359 g/mol. The van der Waals surface area contributed by atoms with Crippen LogP contribution in [0.4, 0.5) is 11.6 Å². The predicted octanol–water partition coefficient (Wildman–Crippen LogP) is 1.90. The maximum absolute atomic E-state index is 12.4.